The molecule has 3 aromatic carbocycles. The van der Waals surface area contributed by atoms with Gasteiger partial charge >= 0.3 is 0 Å². The molecule has 5 rings (SSSR count). The number of aromatic nitrogens is 2. The van der Waals surface area contributed by atoms with Crippen LogP contribution in [-0.4, -0.2) is 35.2 Å². The van der Waals surface area contributed by atoms with Gasteiger partial charge in [0.2, 0.25) is 0 Å². The van der Waals surface area contributed by atoms with Crippen molar-refractivity contribution < 1.29 is 14.3 Å². The van der Waals surface area contributed by atoms with Crippen molar-refractivity contribution in [3.8, 4) is 22.8 Å². The summed E-state index contributed by atoms with van der Waals surface area (Å²) in [6.07, 6.45) is 0. The van der Waals surface area contributed by atoms with E-state index in [2.05, 4.69) is 41.4 Å². The summed E-state index contributed by atoms with van der Waals surface area (Å²) in [4.78, 5) is 15.5. The third-order valence-corrected chi connectivity index (χ3v) is 6.11. The van der Waals surface area contributed by atoms with E-state index in [0.717, 1.165) is 27.9 Å². The number of H-pyrrole nitrogens is 1. The summed E-state index contributed by atoms with van der Waals surface area (Å²) in [6.45, 7) is 2.54. The minimum absolute atomic E-state index is 0.0694. The van der Waals surface area contributed by atoms with E-state index in [1.807, 2.05) is 53.4 Å². The van der Waals surface area contributed by atoms with E-state index in [1.54, 1.807) is 14.2 Å². The Bertz CT molecular complexity index is 1300. The number of aryl methyl sites for hydroxylation is 1. The van der Waals surface area contributed by atoms with Gasteiger partial charge in [0.15, 0.2) is 11.5 Å². The highest BCUT2D eigenvalue weighted by molar-refractivity contribution is 6.00. The minimum Gasteiger partial charge on any atom is -0.493 e. The Morgan fingerprint density at radius 3 is 2.36 bits per heavy atom. The van der Waals surface area contributed by atoms with Crippen LogP contribution >= 0.6 is 0 Å². The second-order valence-corrected chi connectivity index (χ2v) is 8.16. The number of ether oxygens (including phenoxy) is 2. The van der Waals surface area contributed by atoms with Crippen LogP contribution in [0.4, 0.5) is 0 Å². The van der Waals surface area contributed by atoms with Crippen LogP contribution in [0.3, 0.4) is 0 Å². The highest BCUT2D eigenvalue weighted by atomic mass is 16.5. The molecular formula is C27H25N3O3. The molecule has 6 nitrogen and oxygen atoms in total. The fourth-order valence-electron chi connectivity index (χ4n) is 4.44. The lowest BCUT2D eigenvalue weighted by Gasteiger charge is -2.27. The largest absolute Gasteiger partial charge is 0.493 e. The zero-order chi connectivity index (χ0) is 22.9. The first-order chi connectivity index (χ1) is 16.1. The van der Waals surface area contributed by atoms with Crippen LogP contribution in [0.2, 0.25) is 0 Å². The Kier molecular flexibility index (Phi) is 5.34. The molecule has 0 bridgehead atoms. The van der Waals surface area contributed by atoms with Crippen LogP contribution < -0.4 is 9.47 Å². The molecule has 1 N–H and O–H groups in total. The Morgan fingerprint density at radius 1 is 0.939 bits per heavy atom. The van der Waals surface area contributed by atoms with E-state index in [9.17, 15) is 4.79 Å². The molecule has 1 aliphatic heterocycles. The monoisotopic (exact) mass is 439 g/mol. The molecule has 33 heavy (non-hydrogen) atoms. The maximum atomic E-state index is 13.6. The highest BCUT2D eigenvalue weighted by Gasteiger charge is 2.42. The van der Waals surface area contributed by atoms with Gasteiger partial charge in [-0.15, -0.1) is 0 Å². The average molecular weight is 440 g/mol. The van der Waals surface area contributed by atoms with Gasteiger partial charge in [0.05, 0.1) is 26.0 Å². The predicted octanol–water partition coefficient (Wildman–Crippen LogP) is 5.15. The zero-order valence-electron chi connectivity index (χ0n) is 18.8. The third kappa shape index (κ3) is 3.63. The number of methoxy groups -OCH3 is 2. The standard InChI is InChI=1S/C27H25N3O3/c1-17-9-11-18(12-10-17)16-30-26(20-13-14-21(32-2)22(15-20)33-3)23-24(19-7-5-4-6-8-19)28-29-25(23)27(30)31/h4-15,26H,16H2,1-3H3,(H,28,29). The number of nitrogens with zero attached hydrogens (tertiary/aromatic N) is 2. The number of carbonyl (C=O) groups excluding carboxylic acids is 1. The first-order valence-corrected chi connectivity index (χ1v) is 10.8. The molecule has 1 unspecified atom stereocenters. The van der Waals surface area contributed by atoms with Gasteiger partial charge in [-0.2, -0.15) is 5.10 Å². The summed E-state index contributed by atoms with van der Waals surface area (Å²) >= 11 is 0. The number of carbonyl (C=O) groups is 1. The molecule has 4 aromatic rings. The van der Waals surface area contributed by atoms with Gasteiger partial charge in [-0.25, -0.2) is 0 Å². The van der Waals surface area contributed by atoms with Crippen molar-refractivity contribution in [3.63, 3.8) is 0 Å². The van der Waals surface area contributed by atoms with Gasteiger partial charge in [0.25, 0.3) is 5.91 Å². The van der Waals surface area contributed by atoms with Crippen LogP contribution in [0, 0.1) is 6.92 Å². The van der Waals surface area contributed by atoms with Crippen molar-refractivity contribution in [2.75, 3.05) is 14.2 Å². The number of rotatable bonds is 6. The summed E-state index contributed by atoms with van der Waals surface area (Å²) in [7, 11) is 3.23. The molecule has 0 radical (unpaired) electrons. The molecule has 0 aliphatic carbocycles. The first-order valence-electron chi connectivity index (χ1n) is 10.8. The Morgan fingerprint density at radius 2 is 1.67 bits per heavy atom. The first kappa shape index (κ1) is 20.8. The number of hydrogen-bond donors (Lipinski definition) is 1. The summed E-state index contributed by atoms with van der Waals surface area (Å²) in [5.74, 6) is 1.20. The number of fused-ring (bicyclic) bond motifs is 1. The van der Waals surface area contributed by atoms with Gasteiger partial charge < -0.3 is 14.4 Å². The Labute approximate surface area is 192 Å². The molecule has 6 heteroatoms. The fraction of sp³-hybridized carbons (Fsp3) is 0.185. The molecule has 0 spiro atoms. The maximum Gasteiger partial charge on any atom is 0.273 e. The quantitative estimate of drug-likeness (QED) is 0.451. The van der Waals surface area contributed by atoms with Crippen molar-refractivity contribution in [1.29, 1.82) is 0 Å². The molecule has 1 amide bonds. The lowest BCUT2D eigenvalue weighted by atomic mass is 9.95. The van der Waals surface area contributed by atoms with E-state index < -0.39 is 0 Å². The lowest BCUT2D eigenvalue weighted by molar-refractivity contribution is 0.0730. The van der Waals surface area contributed by atoms with Crippen LogP contribution in [0.15, 0.2) is 72.8 Å². The topological polar surface area (TPSA) is 67.5 Å². The van der Waals surface area contributed by atoms with Gasteiger partial charge in [-0.1, -0.05) is 66.2 Å². The number of aromatic amines is 1. The summed E-state index contributed by atoms with van der Waals surface area (Å²) in [5, 5.41) is 7.55. The summed E-state index contributed by atoms with van der Waals surface area (Å²) < 4.78 is 11.0. The van der Waals surface area contributed by atoms with Crippen molar-refractivity contribution in [3.05, 3.63) is 101 Å². The molecule has 1 aliphatic rings. The number of amides is 1. The number of nitrogens with one attached hydrogen (secondary N) is 1. The fourth-order valence-corrected chi connectivity index (χ4v) is 4.44. The molecule has 0 fully saturated rings. The van der Waals surface area contributed by atoms with Crippen LogP contribution in [0.5, 0.6) is 11.5 Å². The van der Waals surface area contributed by atoms with E-state index in [1.165, 1.54) is 5.56 Å². The van der Waals surface area contributed by atoms with Crippen molar-refractivity contribution in [2.24, 2.45) is 0 Å². The van der Waals surface area contributed by atoms with E-state index in [-0.39, 0.29) is 11.9 Å². The maximum absolute atomic E-state index is 13.6. The average Bonchev–Trinajstić information content (AvgIpc) is 3.40. The number of hydrogen-bond acceptors (Lipinski definition) is 4. The van der Waals surface area contributed by atoms with Crippen molar-refractivity contribution in [2.45, 2.75) is 19.5 Å². The van der Waals surface area contributed by atoms with Gasteiger partial charge in [0, 0.05) is 17.7 Å². The van der Waals surface area contributed by atoms with Crippen molar-refractivity contribution >= 4 is 5.91 Å². The summed E-state index contributed by atoms with van der Waals surface area (Å²) in [6, 6.07) is 23.7. The molecule has 166 valence electrons. The molecule has 1 atom stereocenters. The smallest absolute Gasteiger partial charge is 0.273 e. The van der Waals surface area contributed by atoms with Crippen LogP contribution in [-0.2, 0) is 6.54 Å². The van der Waals surface area contributed by atoms with Gasteiger partial charge in [0.1, 0.15) is 5.69 Å². The van der Waals surface area contributed by atoms with Gasteiger partial charge in [-0.05, 0) is 30.2 Å². The Hall–Kier alpha value is -4.06. The van der Waals surface area contributed by atoms with E-state index in [0.29, 0.717) is 23.7 Å². The normalized spacial score (nSPS) is 14.9. The Balaban J connectivity index is 1.65. The van der Waals surface area contributed by atoms with E-state index in [4.69, 9.17) is 9.47 Å². The predicted molar refractivity (Wildman–Crippen MR) is 126 cm³/mol. The minimum atomic E-state index is -0.317. The summed E-state index contributed by atoms with van der Waals surface area (Å²) in [5.41, 5.74) is 6.34. The van der Waals surface area contributed by atoms with Crippen LogP contribution in [0.25, 0.3) is 11.3 Å². The zero-order valence-corrected chi connectivity index (χ0v) is 18.8. The molecular weight excluding hydrogens is 414 g/mol. The molecule has 0 saturated heterocycles. The SMILES string of the molecule is COc1ccc(C2c3c(-c4ccccc4)n[nH]c3C(=O)N2Cc2ccc(C)cc2)cc1OC. The highest BCUT2D eigenvalue weighted by Crippen LogP contribution is 2.45. The lowest BCUT2D eigenvalue weighted by Crippen LogP contribution is -2.29. The molecule has 2 heterocycles. The van der Waals surface area contributed by atoms with Crippen molar-refractivity contribution in [1.82, 2.24) is 15.1 Å². The second-order valence-electron chi connectivity index (χ2n) is 8.16. The van der Waals surface area contributed by atoms with Crippen LogP contribution in [0.1, 0.15) is 38.8 Å². The number of benzene rings is 3. The third-order valence-electron chi connectivity index (χ3n) is 6.11. The van der Waals surface area contributed by atoms with E-state index >= 15 is 0 Å². The van der Waals surface area contributed by atoms with Gasteiger partial charge in [-0.3, -0.25) is 9.89 Å². The molecule has 0 saturated carbocycles. The second kappa shape index (κ2) is 8.47. The molecule has 1 aromatic heterocycles.